The highest BCUT2D eigenvalue weighted by atomic mass is 35.5. The summed E-state index contributed by atoms with van der Waals surface area (Å²) in [5.41, 5.74) is 0. The minimum Gasteiger partial charge on any atom is -1.00 e. The first-order chi connectivity index (χ1) is 7.83. The predicted molar refractivity (Wildman–Crippen MR) is 71.4 cm³/mol. The highest BCUT2D eigenvalue weighted by Crippen LogP contribution is 2.11. The van der Waals surface area contributed by atoms with E-state index in [1.165, 1.54) is 44.3 Å². The number of nitrogens with zero attached hydrogens (tertiary/aromatic N) is 2. The van der Waals surface area contributed by atoms with Gasteiger partial charge in [0.1, 0.15) is 18.3 Å². The van der Waals surface area contributed by atoms with Gasteiger partial charge in [-0.1, -0.05) is 39.0 Å². The Labute approximate surface area is 116 Å². The van der Waals surface area contributed by atoms with E-state index in [1.807, 2.05) is 11.8 Å². The summed E-state index contributed by atoms with van der Waals surface area (Å²) >= 11 is 2.03. The van der Waals surface area contributed by atoms with Gasteiger partial charge in [0, 0.05) is 0 Å². The Morgan fingerprint density at radius 1 is 1.12 bits per heavy atom. The van der Waals surface area contributed by atoms with Crippen molar-refractivity contribution < 1.29 is 17.0 Å². The van der Waals surface area contributed by atoms with Crippen LogP contribution in [0.5, 0.6) is 0 Å². The maximum Gasteiger partial charge on any atom is 0.244 e. The normalized spacial score (nSPS) is 10.2. The van der Waals surface area contributed by atoms with Gasteiger partial charge in [-0.2, -0.15) is 0 Å². The van der Waals surface area contributed by atoms with Gasteiger partial charge in [0.05, 0.1) is 7.05 Å². The quantitative estimate of drug-likeness (QED) is 0.468. The highest BCUT2D eigenvalue weighted by Gasteiger charge is 1.99. The molecular weight excluding hydrogens is 252 g/mol. The maximum atomic E-state index is 2.27. The van der Waals surface area contributed by atoms with Crippen molar-refractivity contribution in [2.45, 2.75) is 51.3 Å². The molecule has 1 aromatic heterocycles. The van der Waals surface area contributed by atoms with Gasteiger partial charge < -0.3 is 12.4 Å². The fourth-order valence-electron chi connectivity index (χ4n) is 1.73. The van der Waals surface area contributed by atoms with Crippen LogP contribution in [0, 0.1) is 0 Å². The molecule has 1 heterocycles. The molecule has 0 bridgehead atoms. The Balaban J connectivity index is 0.00000256. The van der Waals surface area contributed by atoms with Gasteiger partial charge in [-0.3, -0.25) is 0 Å². The minimum absolute atomic E-state index is 0. The van der Waals surface area contributed by atoms with Crippen LogP contribution in [0.25, 0.3) is 0 Å². The van der Waals surface area contributed by atoms with Crippen molar-refractivity contribution in [2.24, 2.45) is 7.05 Å². The molecule has 0 atom stereocenters. The third kappa shape index (κ3) is 8.56. The summed E-state index contributed by atoms with van der Waals surface area (Å²) in [7, 11) is 2.06. The molecule has 0 aliphatic heterocycles. The number of rotatable bonds is 9. The zero-order valence-electron chi connectivity index (χ0n) is 11.1. The summed E-state index contributed by atoms with van der Waals surface area (Å²) in [6.07, 6.45) is 14.7. The number of aryl methyl sites for hydroxylation is 1. The molecule has 0 radical (unpaired) electrons. The summed E-state index contributed by atoms with van der Waals surface area (Å²) in [5, 5.41) is 0. The van der Waals surface area contributed by atoms with E-state index >= 15 is 0 Å². The van der Waals surface area contributed by atoms with Crippen molar-refractivity contribution in [1.82, 2.24) is 4.57 Å². The first-order valence-corrected chi connectivity index (χ1v) is 7.57. The predicted octanol–water partition coefficient (Wildman–Crippen LogP) is 0.368. The zero-order valence-corrected chi connectivity index (χ0v) is 12.6. The molecule has 0 saturated heterocycles. The van der Waals surface area contributed by atoms with Crippen LogP contribution < -0.4 is 17.0 Å². The number of halogens is 1. The summed E-state index contributed by atoms with van der Waals surface area (Å²) in [6.45, 7) is 2.27. The zero-order chi connectivity index (χ0) is 11.6. The Kier molecular flexibility index (Phi) is 10.9. The smallest absolute Gasteiger partial charge is 0.244 e. The molecule has 17 heavy (non-hydrogen) atoms. The van der Waals surface area contributed by atoms with Crippen molar-refractivity contribution in [3.8, 4) is 0 Å². The molecule has 0 fully saturated rings. The van der Waals surface area contributed by atoms with Crippen molar-refractivity contribution >= 4 is 11.8 Å². The molecule has 1 rings (SSSR count). The molecule has 0 aliphatic rings. The Morgan fingerprint density at radius 2 is 1.82 bits per heavy atom. The largest absolute Gasteiger partial charge is 1.00 e. The van der Waals surface area contributed by atoms with Crippen molar-refractivity contribution in [2.75, 3.05) is 5.75 Å². The lowest BCUT2D eigenvalue weighted by molar-refractivity contribution is -0.670. The topological polar surface area (TPSA) is 8.81 Å². The lowest BCUT2D eigenvalue weighted by Gasteiger charge is -2.00. The van der Waals surface area contributed by atoms with Crippen LogP contribution in [0.2, 0.25) is 0 Å². The van der Waals surface area contributed by atoms with Crippen LogP contribution in [0.4, 0.5) is 0 Å². The van der Waals surface area contributed by atoms with Gasteiger partial charge in [-0.05, 0) is 12.2 Å². The standard InChI is InChI=1S/C13H25N2S.ClH/c1-3-4-5-6-7-8-11-16-13-15-10-9-14(2)12-15;/h9-10,12H,3-8,11,13H2,1-2H3;1H/q+1;/p-1. The minimum atomic E-state index is 0. The average Bonchev–Trinajstić information content (AvgIpc) is 2.68. The third-order valence-corrected chi connectivity index (χ3v) is 3.76. The molecule has 1 aromatic rings. The molecular formula is C13H25ClN2S. The van der Waals surface area contributed by atoms with Crippen molar-refractivity contribution in [3.63, 3.8) is 0 Å². The second-order valence-corrected chi connectivity index (χ2v) is 5.47. The lowest BCUT2D eigenvalue weighted by atomic mass is 10.1. The highest BCUT2D eigenvalue weighted by molar-refractivity contribution is 7.98. The summed E-state index contributed by atoms with van der Waals surface area (Å²) in [4.78, 5) is 0. The number of hydrogen-bond donors (Lipinski definition) is 0. The summed E-state index contributed by atoms with van der Waals surface area (Å²) in [6, 6.07) is 0. The fraction of sp³-hybridized carbons (Fsp3) is 0.769. The molecule has 0 N–H and O–H groups in total. The summed E-state index contributed by atoms with van der Waals surface area (Å²) in [5.74, 6) is 2.39. The Morgan fingerprint density at radius 3 is 2.47 bits per heavy atom. The second-order valence-electron chi connectivity index (χ2n) is 4.40. The molecule has 2 nitrogen and oxygen atoms in total. The van der Waals surface area contributed by atoms with Crippen LogP contribution in [-0.4, -0.2) is 10.3 Å². The van der Waals surface area contributed by atoms with E-state index in [4.69, 9.17) is 0 Å². The Bertz CT molecular complexity index is 276. The Hall–Kier alpha value is -0.150. The van der Waals surface area contributed by atoms with Gasteiger partial charge in [0.15, 0.2) is 0 Å². The van der Waals surface area contributed by atoms with Crippen molar-refractivity contribution in [3.05, 3.63) is 18.7 Å². The number of hydrogen-bond acceptors (Lipinski definition) is 1. The van der Waals surface area contributed by atoms with E-state index in [0.29, 0.717) is 0 Å². The van der Waals surface area contributed by atoms with Gasteiger partial charge in [0.2, 0.25) is 6.33 Å². The van der Waals surface area contributed by atoms with Gasteiger partial charge in [0.25, 0.3) is 0 Å². The van der Waals surface area contributed by atoms with Gasteiger partial charge in [-0.15, -0.1) is 11.8 Å². The number of aromatic nitrogens is 2. The first-order valence-electron chi connectivity index (χ1n) is 6.41. The monoisotopic (exact) mass is 276 g/mol. The number of thioether (sulfide) groups is 1. The van der Waals surface area contributed by atoms with E-state index in [-0.39, 0.29) is 12.4 Å². The number of unbranched alkanes of at least 4 members (excludes halogenated alkanes) is 5. The molecule has 4 heteroatoms. The molecule has 0 unspecified atom stereocenters. The molecule has 0 aliphatic carbocycles. The second kappa shape index (κ2) is 11.0. The lowest BCUT2D eigenvalue weighted by Crippen LogP contribution is -3.00. The van der Waals surface area contributed by atoms with Crippen LogP contribution in [0.15, 0.2) is 18.7 Å². The van der Waals surface area contributed by atoms with E-state index in [1.54, 1.807) is 0 Å². The van der Waals surface area contributed by atoms with E-state index in [2.05, 4.69) is 41.8 Å². The molecule has 100 valence electrons. The summed E-state index contributed by atoms with van der Waals surface area (Å²) < 4.78 is 4.33. The van der Waals surface area contributed by atoms with Gasteiger partial charge in [-0.25, -0.2) is 9.13 Å². The molecule has 0 amide bonds. The van der Waals surface area contributed by atoms with Crippen molar-refractivity contribution in [1.29, 1.82) is 0 Å². The third-order valence-electron chi connectivity index (χ3n) is 2.71. The van der Waals surface area contributed by atoms with Crippen LogP contribution in [0.1, 0.15) is 45.4 Å². The fourth-order valence-corrected chi connectivity index (χ4v) is 2.63. The molecule has 0 saturated carbocycles. The van der Waals surface area contributed by atoms with Crippen LogP contribution in [0.3, 0.4) is 0 Å². The average molecular weight is 277 g/mol. The molecule has 0 spiro atoms. The first kappa shape index (κ1) is 16.9. The van der Waals surface area contributed by atoms with E-state index in [9.17, 15) is 0 Å². The van der Waals surface area contributed by atoms with Crippen LogP contribution in [-0.2, 0) is 12.9 Å². The van der Waals surface area contributed by atoms with E-state index < -0.39 is 0 Å². The molecule has 0 aromatic carbocycles. The SMILES string of the molecule is CCCCCCCCSCn1cc[n+](C)c1.[Cl-]. The van der Waals surface area contributed by atoms with Crippen LogP contribution >= 0.6 is 11.8 Å². The van der Waals surface area contributed by atoms with Gasteiger partial charge >= 0.3 is 0 Å². The van der Waals surface area contributed by atoms with E-state index in [0.717, 1.165) is 5.88 Å². The number of imidazole rings is 1. The maximum absolute atomic E-state index is 2.27.